The fourth-order valence-corrected chi connectivity index (χ4v) is 4.01. The van der Waals surface area contributed by atoms with E-state index in [1.165, 1.54) is 16.7 Å². The van der Waals surface area contributed by atoms with Crippen LogP contribution in [0.3, 0.4) is 0 Å². The number of hydrogen-bond acceptors (Lipinski definition) is 4. The lowest BCUT2D eigenvalue weighted by molar-refractivity contribution is -0.296. The number of fused-ring (bicyclic) bond motifs is 1. The molecule has 28 heavy (non-hydrogen) atoms. The number of halogens is 2. The Bertz CT molecular complexity index is 879. The summed E-state index contributed by atoms with van der Waals surface area (Å²) in [5.41, 5.74) is 6.47. The minimum Gasteiger partial charge on any atom is -0.393 e. The van der Waals surface area contributed by atoms with E-state index in [4.69, 9.17) is 4.74 Å². The van der Waals surface area contributed by atoms with Gasteiger partial charge in [-0.2, -0.15) is 0 Å². The molecule has 0 saturated carbocycles. The predicted octanol–water partition coefficient (Wildman–Crippen LogP) is 2.47. The molecule has 0 aromatic heterocycles. The number of alkyl halides is 2. The molecular weight excluding hydrogens is 366 g/mol. The highest BCUT2D eigenvalue weighted by Gasteiger charge is 2.57. The fraction of sp³-hybridized carbons (Fsp3) is 0.455. The van der Waals surface area contributed by atoms with Crippen molar-refractivity contribution in [1.29, 1.82) is 0 Å². The molecule has 2 aromatic rings. The summed E-state index contributed by atoms with van der Waals surface area (Å²) in [6, 6.07) is 11.8. The maximum absolute atomic E-state index is 14.0. The Balaban J connectivity index is 1.61. The van der Waals surface area contributed by atoms with E-state index in [0.717, 1.165) is 24.0 Å². The molecule has 2 aliphatic rings. The zero-order valence-corrected chi connectivity index (χ0v) is 15.6. The average molecular weight is 390 g/mol. The molecule has 2 aromatic carbocycles. The molecule has 3 N–H and O–H groups in total. The van der Waals surface area contributed by atoms with Crippen molar-refractivity contribution in [2.24, 2.45) is 0 Å². The summed E-state index contributed by atoms with van der Waals surface area (Å²) < 4.78 is 33.3. The molecule has 4 rings (SSSR count). The number of aliphatic hydroxyl groups is 3. The zero-order chi connectivity index (χ0) is 20.1. The van der Waals surface area contributed by atoms with Crippen molar-refractivity contribution >= 4 is 0 Å². The third kappa shape index (κ3) is 3.24. The van der Waals surface area contributed by atoms with Gasteiger partial charge in [-0.05, 0) is 59.6 Å². The van der Waals surface area contributed by atoms with E-state index in [-0.39, 0.29) is 0 Å². The van der Waals surface area contributed by atoms with Crippen molar-refractivity contribution < 1.29 is 28.8 Å². The van der Waals surface area contributed by atoms with Crippen LogP contribution in [0.4, 0.5) is 8.78 Å². The van der Waals surface area contributed by atoms with Crippen LogP contribution in [0, 0.1) is 6.92 Å². The Labute approximate surface area is 162 Å². The second-order valence-electron chi connectivity index (χ2n) is 7.80. The zero-order valence-electron chi connectivity index (χ0n) is 15.6. The van der Waals surface area contributed by atoms with Gasteiger partial charge in [0.05, 0.1) is 6.61 Å². The number of benzene rings is 2. The molecule has 0 bridgehead atoms. The van der Waals surface area contributed by atoms with Gasteiger partial charge in [-0.25, -0.2) is 8.78 Å². The lowest BCUT2D eigenvalue weighted by Crippen LogP contribution is -2.59. The molecule has 0 radical (unpaired) electrons. The fourth-order valence-electron chi connectivity index (χ4n) is 4.01. The SMILES string of the molecule is Cc1ccc([C@@H]2O[C@H](CO)C(F)(F)[C@H](O)[C@H]2O)cc1Cc1ccc2c(c1)CC2. The highest BCUT2D eigenvalue weighted by atomic mass is 19.3. The van der Waals surface area contributed by atoms with E-state index in [1.807, 2.05) is 19.1 Å². The first-order valence-electron chi connectivity index (χ1n) is 9.51. The summed E-state index contributed by atoms with van der Waals surface area (Å²) in [5, 5.41) is 29.3. The Morgan fingerprint density at radius 2 is 1.82 bits per heavy atom. The summed E-state index contributed by atoms with van der Waals surface area (Å²) >= 11 is 0. The first-order chi connectivity index (χ1) is 13.3. The van der Waals surface area contributed by atoms with Crippen molar-refractivity contribution in [2.75, 3.05) is 6.61 Å². The summed E-state index contributed by atoms with van der Waals surface area (Å²) in [4.78, 5) is 0. The molecular formula is C22H24F2O4. The molecule has 4 atom stereocenters. The Morgan fingerprint density at radius 1 is 1.07 bits per heavy atom. The maximum atomic E-state index is 14.0. The quantitative estimate of drug-likeness (QED) is 0.750. The van der Waals surface area contributed by atoms with Crippen LogP contribution >= 0.6 is 0 Å². The molecule has 6 heteroatoms. The molecule has 1 heterocycles. The highest BCUT2D eigenvalue weighted by Crippen LogP contribution is 2.41. The third-order valence-electron chi connectivity index (χ3n) is 5.96. The van der Waals surface area contributed by atoms with Crippen LogP contribution in [0.2, 0.25) is 0 Å². The largest absolute Gasteiger partial charge is 0.393 e. The second kappa shape index (κ2) is 7.19. The smallest absolute Gasteiger partial charge is 0.303 e. The van der Waals surface area contributed by atoms with Crippen molar-refractivity contribution in [3.8, 4) is 0 Å². The number of ether oxygens (including phenoxy) is 1. The number of hydrogen-bond donors (Lipinski definition) is 3. The van der Waals surface area contributed by atoms with Gasteiger partial charge in [-0.3, -0.25) is 0 Å². The standard InChI is InChI=1S/C22H24F2O4/c1-12-2-4-16(20-19(26)21(27)22(23,24)18(11-25)28-20)10-17(12)9-13-3-5-14-6-7-15(14)8-13/h2-5,8,10,18-21,25-27H,6-7,9,11H2,1H3/t18-,19+,20+,21-/m1/s1. The molecule has 0 amide bonds. The Hall–Kier alpha value is -1.86. The van der Waals surface area contributed by atoms with E-state index in [2.05, 4.69) is 18.2 Å². The number of aliphatic hydroxyl groups excluding tert-OH is 3. The van der Waals surface area contributed by atoms with Crippen LogP contribution < -0.4 is 0 Å². The monoisotopic (exact) mass is 390 g/mol. The number of aryl methyl sites for hydroxylation is 3. The Kier molecular flexibility index (Phi) is 5.00. The van der Waals surface area contributed by atoms with Gasteiger partial charge in [0.2, 0.25) is 0 Å². The van der Waals surface area contributed by atoms with Crippen LogP contribution in [0.1, 0.15) is 39.5 Å². The molecule has 1 aliphatic carbocycles. The van der Waals surface area contributed by atoms with Gasteiger partial charge in [0.1, 0.15) is 24.4 Å². The summed E-state index contributed by atoms with van der Waals surface area (Å²) in [6.45, 7) is 1.03. The molecule has 0 unspecified atom stereocenters. The van der Waals surface area contributed by atoms with Crippen molar-refractivity contribution in [3.63, 3.8) is 0 Å². The average Bonchev–Trinajstić information content (AvgIpc) is 2.64. The molecule has 4 nitrogen and oxygen atoms in total. The normalized spacial score (nSPS) is 28.5. The first kappa shape index (κ1) is 19.5. The van der Waals surface area contributed by atoms with E-state index >= 15 is 0 Å². The maximum Gasteiger partial charge on any atom is 0.303 e. The highest BCUT2D eigenvalue weighted by molar-refractivity contribution is 5.42. The predicted molar refractivity (Wildman–Crippen MR) is 99.5 cm³/mol. The van der Waals surface area contributed by atoms with Crippen LogP contribution in [-0.2, 0) is 24.0 Å². The summed E-state index contributed by atoms with van der Waals surface area (Å²) in [5.74, 6) is -3.72. The molecule has 150 valence electrons. The lowest BCUT2D eigenvalue weighted by atomic mass is 9.85. The third-order valence-corrected chi connectivity index (χ3v) is 5.96. The van der Waals surface area contributed by atoms with Gasteiger partial charge in [0, 0.05) is 0 Å². The van der Waals surface area contributed by atoms with Gasteiger partial charge in [-0.15, -0.1) is 0 Å². The minimum absolute atomic E-state index is 0.505. The van der Waals surface area contributed by atoms with Crippen LogP contribution in [0.5, 0.6) is 0 Å². The summed E-state index contributed by atoms with van der Waals surface area (Å²) in [6.07, 6.45) is -4.20. The van der Waals surface area contributed by atoms with E-state index in [0.29, 0.717) is 12.0 Å². The number of rotatable bonds is 4. The van der Waals surface area contributed by atoms with Crippen molar-refractivity contribution in [2.45, 2.75) is 56.5 Å². The molecule has 0 spiro atoms. The van der Waals surface area contributed by atoms with Gasteiger partial charge >= 0.3 is 5.92 Å². The van der Waals surface area contributed by atoms with Crippen LogP contribution in [0.15, 0.2) is 36.4 Å². The molecule has 1 saturated heterocycles. The molecule has 1 aliphatic heterocycles. The molecule has 1 fully saturated rings. The van der Waals surface area contributed by atoms with E-state index in [1.54, 1.807) is 6.07 Å². The summed E-state index contributed by atoms with van der Waals surface area (Å²) in [7, 11) is 0. The van der Waals surface area contributed by atoms with Crippen molar-refractivity contribution in [3.05, 3.63) is 69.8 Å². The topological polar surface area (TPSA) is 69.9 Å². The van der Waals surface area contributed by atoms with Gasteiger partial charge in [0.15, 0.2) is 0 Å². The van der Waals surface area contributed by atoms with Crippen LogP contribution in [0.25, 0.3) is 0 Å². The second-order valence-corrected chi connectivity index (χ2v) is 7.80. The Morgan fingerprint density at radius 3 is 2.46 bits per heavy atom. The lowest BCUT2D eigenvalue weighted by Gasteiger charge is -2.42. The van der Waals surface area contributed by atoms with E-state index in [9.17, 15) is 24.1 Å². The van der Waals surface area contributed by atoms with Gasteiger partial charge in [0.25, 0.3) is 0 Å². The van der Waals surface area contributed by atoms with E-state index < -0.39 is 36.9 Å². The van der Waals surface area contributed by atoms with Gasteiger partial charge in [-0.1, -0.05) is 36.4 Å². The first-order valence-corrected chi connectivity index (χ1v) is 9.51. The minimum atomic E-state index is -3.72. The van der Waals surface area contributed by atoms with Gasteiger partial charge < -0.3 is 20.1 Å². The van der Waals surface area contributed by atoms with Crippen molar-refractivity contribution in [1.82, 2.24) is 0 Å². The van der Waals surface area contributed by atoms with Crippen LogP contribution in [-0.4, -0.2) is 46.2 Å².